The number of amides is 3. The lowest BCUT2D eigenvalue weighted by atomic mass is 10.2. The van der Waals surface area contributed by atoms with Crippen LogP contribution in [0.1, 0.15) is 11.1 Å². The van der Waals surface area contributed by atoms with Crippen LogP contribution in [0.4, 0.5) is 10.5 Å². The van der Waals surface area contributed by atoms with Gasteiger partial charge >= 0.3 is 6.03 Å². The monoisotopic (exact) mass is 347 g/mol. The summed E-state index contributed by atoms with van der Waals surface area (Å²) in [6.45, 7) is 0.0883. The first-order valence-corrected chi connectivity index (χ1v) is 7.71. The number of nitrogens with one attached hydrogen (secondary N) is 3. The lowest BCUT2D eigenvalue weighted by molar-refractivity contribution is -0.118. The van der Waals surface area contributed by atoms with Crippen molar-refractivity contribution in [3.63, 3.8) is 0 Å². The molecule has 3 amide bonds. The van der Waals surface area contributed by atoms with E-state index in [4.69, 9.17) is 16.7 Å². The minimum atomic E-state index is -0.569. The van der Waals surface area contributed by atoms with Crippen LogP contribution in [-0.4, -0.2) is 23.6 Å². The van der Waals surface area contributed by atoms with E-state index in [2.05, 4.69) is 16.0 Å². The number of urea groups is 1. The maximum atomic E-state index is 11.8. The Morgan fingerprint density at radius 1 is 1.04 bits per heavy atom. The van der Waals surface area contributed by atoms with Crippen LogP contribution in [0.2, 0.25) is 5.02 Å². The molecule has 0 saturated heterocycles. The van der Waals surface area contributed by atoms with Gasteiger partial charge in [-0.15, -0.1) is 0 Å². The molecule has 2 aromatic rings. The van der Waals surface area contributed by atoms with Gasteiger partial charge in [0.15, 0.2) is 0 Å². The zero-order chi connectivity index (χ0) is 17.4. The van der Waals surface area contributed by atoms with Crippen molar-refractivity contribution in [2.45, 2.75) is 13.2 Å². The van der Waals surface area contributed by atoms with Crippen molar-refractivity contribution >= 4 is 29.2 Å². The van der Waals surface area contributed by atoms with Crippen LogP contribution in [0.5, 0.6) is 0 Å². The van der Waals surface area contributed by atoms with E-state index in [9.17, 15) is 9.59 Å². The fraction of sp³-hybridized carbons (Fsp3) is 0.176. The van der Waals surface area contributed by atoms with Gasteiger partial charge in [-0.3, -0.25) is 10.1 Å². The van der Waals surface area contributed by atoms with Crippen molar-refractivity contribution in [1.82, 2.24) is 10.6 Å². The maximum absolute atomic E-state index is 11.8. The quantitative estimate of drug-likeness (QED) is 0.645. The first kappa shape index (κ1) is 17.8. The first-order chi connectivity index (χ1) is 11.6. The second kappa shape index (κ2) is 8.90. The van der Waals surface area contributed by atoms with Gasteiger partial charge in [0.05, 0.1) is 23.9 Å². The van der Waals surface area contributed by atoms with Gasteiger partial charge in [-0.05, 0) is 23.3 Å². The summed E-state index contributed by atoms with van der Waals surface area (Å²) < 4.78 is 0. The summed E-state index contributed by atoms with van der Waals surface area (Å²) in [6, 6.07) is 13.8. The second-order valence-electron chi connectivity index (χ2n) is 5.04. The van der Waals surface area contributed by atoms with Crippen LogP contribution >= 0.6 is 11.6 Å². The van der Waals surface area contributed by atoms with Gasteiger partial charge in [-0.1, -0.05) is 48.0 Å². The Morgan fingerprint density at radius 3 is 2.50 bits per heavy atom. The SMILES string of the molecule is O=C(CNc1cc(CO)ccc1Cl)NC(=O)NCc1ccccc1. The van der Waals surface area contributed by atoms with E-state index < -0.39 is 11.9 Å². The molecule has 0 saturated carbocycles. The van der Waals surface area contributed by atoms with E-state index in [0.29, 0.717) is 22.8 Å². The number of aliphatic hydroxyl groups is 1. The van der Waals surface area contributed by atoms with Crippen molar-refractivity contribution in [1.29, 1.82) is 0 Å². The number of benzene rings is 2. The molecule has 0 unspecified atom stereocenters. The van der Waals surface area contributed by atoms with E-state index in [1.165, 1.54) is 0 Å². The predicted molar refractivity (Wildman–Crippen MR) is 92.7 cm³/mol. The van der Waals surface area contributed by atoms with Gasteiger partial charge in [0, 0.05) is 6.54 Å². The third-order valence-corrected chi connectivity index (χ3v) is 3.53. The molecular formula is C17H18ClN3O3. The van der Waals surface area contributed by atoms with Crippen LogP contribution in [0, 0.1) is 0 Å². The summed E-state index contributed by atoms with van der Waals surface area (Å²) in [5.74, 6) is -0.494. The van der Waals surface area contributed by atoms with Crippen molar-refractivity contribution in [2.24, 2.45) is 0 Å². The van der Waals surface area contributed by atoms with E-state index >= 15 is 0 Å². The number of hydrogen-bond donors (Lipinski definition) is 4. The normalized spacial score (nSPS) is 10.1. The van der Waals surface area contributed by atoms with Gasteiger partial charge in [0.1, 0.15) is 0 Å². The summed E-state index contributed by atoms with van der Waals surface area (Å²) in [5.41, 5.74) is 2.12. The third-order valence-electron chi connectivity index (χ3n) is 3.20. The van der Waals surface area contributed by atoms with E-state index in [1.54, 1.807) is 18.2 Å². The maximum Gasteiger partial charge on any atom is 0.321 e. The number of rotatable bonds is 6. The van der Waals surface area contributed by atoms with Gasteiger partial charge in [-0.25, -0.2) is 4.79 Å². The third kappa shape index (κ3) is 5.57. The van der Waals surface area contributed by atoms with Crippen molar-refractivity contribution in [2.75, 3.05) is 11.9 Å². The molecule has 7 heteroatoms. The zero-order valence-electron chi connectivity index (χ0n) is 12.9. The number of anilines is 1. The molecule has 0 aromatic heterocycles. The topological polar surface area (TPSA) is 90.5 Å². The molecule has 0 spiro atoms. The van der Waals surface area contributed by atoms with Gasteiger partial charge in [0.25, 0.3) is 0 Å². The Morgan fingerprint density at radius 2 is 1.79 bits per heavy atom. The summed E-state index contributed by atoms with van der Waals surface area (Å²) in [4.78, 5) is 23.5. The molecule has 0 aliphatic heterocycles. The molecule has 0 heterocycles. The highest BCUT2D eigenvalue weighted by molar-refractivity contribution is 6.33. The molecule has 0 atom stereocenters. The highest BCUT2D eigenvalue weighted by atomic mass is 35.5. The summed E-state index contributed by atoms with van der Waals surface area (Å²) in [6.07, 6.45) is 0. The fourth-order valence-electron chi connectivity index (χ4n) is 1.97. The highest BCUT2D eigenvalue weighted by Gasteiger charge is 2.08. The van der Waals surface area contributed by atoms with E-state index in [0.717, 1.165) is 5.56 Å². The van der Waals surface area contributed by atoms with Crippen LogP contribution in [0.3, 0.4) is 0 Å². The second-order valence-corrected chi connectivity index (χ2v) is 5.45. The molecule has 2 aromatic carbocycles. The van der Waals surface area contributed by atoms with Crippen molar-refractivity contribution in [3.05, 3.63) is 64.7 Å². The fourth-order valence-corrected chi connectivity index (χ4v) is 2.16. The summed E-state index contributed by atoms with van der Waals surface area (Å²) in [7, 11) is 0. The van der Waals surface area contributed by atoms with Crippen LogP contribution in [-0.2, 0) is 17.9 Å². The molecule has 0 bridgehead atoms. The van der Waals surface area contributed by atoms with Gasteiger partial charge < -0.3 is 15.7 Å². The Bertz CT molecular complexity index is 707. The molecule has 2 rings (SSSR count). The van der Waals surface area contributed by atoms with Gasteiger partial charge in [0.2, 0.25) is 5.91 Å². The molecule has 0 aliphatic rings. The number of carbonyl (C=O) groups excluding carboxylic acids is 2. The Balaban J connectivity index is 1.77. The largest absolute Gasteiger partial charge is 0.392 e. The lowest BCUT2D eigenvalue weighted by Gasteiger charge is -2.10. The molecule has 0 aliphatic carbocycles. The van der Waals surface area contributed by atoms with Gasteiger partial charge in [-0.2, -0.15) is 0 Å². The standard InChI is InChI=1S/C17H18ClN3O3/c18-14-7-6-13(11-22)8-15(14)19-10-16(23)21-17(24)20-9-12-4-2-1-3-5-12/h1-8,19,22H,9-11H2,(H2,20,21,23,24). The Labute approximate surface area is 144 Å². The molecule has 0 radical (unpaired) electrons. The first-order valence-electron chi connectivity index (χ1n) is 7.33. The van der Waals surface area contributed by atoms with Crippen molar-refractivity contribution in [3.8, 4) is 0 Å². The number of aliphatic hydroxyl groups excluding tert-OH is 1. The molecule has 6 nitrogen and oxygen atoms in total. The average Bonchev–Trinajstić information content (AvgIpc) is 2.60. The summed E-state index contributed by atoms with van der Waals surface area (Å²) in [5, 5.41) is 17.2. The minimum Gasteiger partial charge on any atom is -0.392 e. The molecule has 0 fully saturated rings. The van der Waals surface area contributed by atoms with E-state index in [-0.39, 0.29) is 13.2 Å². The predicted octanol–water partition coefficient (Wildman–Crippen LogP) is 2.27. The smallest absolute Gasteiger partial charge is 0.321 e. The Hall–Kier alpha value is -2.57. The Kier molecular flexibility index (Phi) is 6.60. The zero-order valence-corrected chi connectivity index (χ0v) is 13.6. The van der Waals surface area contributed by atoms with E-state index in [1.807, 2.05) is 30.3 Å². The minimum absolute atomic E-state index is 0.118. The number of imide groups is 1. The van der Waals surface area contributed by atoms with Crippen LogP contribution in [0.25, 0.3) is 0 Å². The number of halogens is 1. The van der Waals surface area contributed by atoms with Crippen molar-refractivity contribution < 1.29 is 14.7 Å². The van der Waals surface area contributed by atoms with Crippen LogP contribution < -0.4 is 16.0 Å². The molecular weight excluding hydrogens is 330 g/mol. The molecule has 4 N–H and O–H groups in total. The number of carbonyl (C=O) groups is 2. The average molecular weight is 348 g/mol. The van der Waals surface area contributed by atoms with Crippen LogP contribution in [0.15, 0.2) is 48.5 Å². The highest BCUT2D eigenvalue weighted by Crippen LogP contribution is 2.22. The number of hydrogen-bond acceptors (Lipinski definition) is 4. The summed E-state index contributed by atoms with van der Waals surface area (Å²) >= 11 is 6.00. The lowest BCUT2D eigenvalue weighted by Crippen LogP contribution is -2.41. The molecule has 126 valence electrons. The molecule has 24 heavy (non-hydrogen) atoms.